The number of alkyl halides is 3. The molecular formula is C23H28F3N3O2. The zero-order valence-electron chi connectivity index (χ0n) is 17.5. The minimum atomic E-state index is -4.38. The van der Waals surface area contributed by atoms with E-state index in [-0.39, 0.29) is 24.2 Å². The first-order valence-electron chi connectivity index (χ1n) is 11.0. The average Bonchev–Trinajstić information content (AvgIpc) is 3.49. The number of halogens is 3. The Labute approximate surface area is 180 Å². The molecule has 1 aromatic heterocycles. The van der Waals surface area contributed by atoms with Gasteiger partial charge < -0.3 is 9.64 Å². The molecule has 2 fully saturated rings. The Hall–Kier alpha value is -2.51. The van der Waals surface area contributed by atoms with Crippen LogP contribution in [0, 0.1) is 5.92 Å². The summed E-state index contributed by atoms with van der Waals surface area (Å²) in [6.07, 6.45) is 2.54. The Morgan fingerprint density at radius 1 is 1.19 bits per heavy atom. The van der Waals surface area contributed by atoms with Crippen molar-refractivity contribution in [3.8, 4) is 5.75 Å². The quantitative estimate of drug-likeness (QED) is 0.670. The van der Waals surface area contributed by atoms with E-state index in [1.54, 1.807) is 0 Å². The van der Waals surface area contributed by atoms with E-state index in [1.807, 2.05) is 11.0 Å². The van der Waals surface area contributed by atoms with Crippen LogP contribution in [-0.2, 0) is 17.4 Å². The molecule has 1 aromatic carbocycles. The van der Waals surface area contributed by atoms with Gasteiger partial charge in [-0.25, -0.2) is 0 Å². The van der Waals surface area contributed by atoms with Gasteiger partial charge in [-0.2, -0.15) is 18.3 Å². The first-order chi connectivity index (χ1) is 14.9. The summed E-state index contributed by atoms with van der Waals surface area (Å²) in [5.41, 5.74) is 1.09. The van der Waals surface area contributed by atoms with Crippen molar-refractivity contribution in [1.82, 2.24) is 15.1 Å². The number of H-pyrrole nitrogens is 1. The van der Waals surface area contributed by atoms with Crippen molar-refractivity contribution in [3.63, 3.8) is 0 Å². The molecular weight excluding hydrogens is 407 g/mol. The average molecular weight is 435 g/mol. The number of carbonyl (C=O) groups excluding carboxylic acids is 1. The summed E-state index contributed by atoms with van der Waals surface area (Å²) in [4.78, 5) is 14.5. The summed E-state index contributed by atoms with van der Waals surface area (Å²) in [6.45, 7) is 1.73. The van der Waals surface area contributed by atoms with Crippen LogP contribution in [-0.4, -0.2) is 40.7 Å². The van der Waals surface area contributed by atoms with Crippen molar-refractivity contribution in [3.05, 3.63) is 47.3 Å². The topological polar surface area (TPSA) is 58.2 Å². The summed E-state index contributed by atoms with van der Waals surface area (Å²) in [5.74, 6) is 1.24. The number of nitrogens with one attached hydrogen (secondary N) is 1. The van der Waals surface area contributed by atoms with Crippen LogP contribution in [0.4, 0.5) is 13.2 Å². The molecule has 0 bridgehead atoms. The normalized spacial score (nSPS) is 19.8. The van der Waals surface area contributed by atoms with E-state index >= 15 is 0 Å². The number of rotatable bonds is 7. The molecule has 1 atom stereocenters. The molecule has 0 spiro atoms. The fraction of sp³-hybridized carbons (Fsp3) is 0.565. The lowest BCUT2D eigenvalue weighted by Gasteiger charge is -2.18. The van der Waals surface area contributed by atoms with E-state index < -0.39 is 11.7 Å². The minimum absolute atomic E-state index is 0.196. The van der Waals surface area contributed by atoms with Gasteiger partial charge in [-0.05, 0) is 49.4 Å². The molecule has 8 heteroatoms. The van der Waals surface area contributed by atoms with Crippen LogP contribution >= 0.6 is 0 Å². The highest BCUT2D eigenvalue weighted by Crippen LogP contribution is 2.32. The zero-order valence-corrected chi connectivity index (χ0v) is 17.5. The van der Waals surface area contributed by atoms with Crippen LogP contribution in [0.2, 0.25) is 0 Å². The van der Waals surface area contributed by atoms with Crippen molar-refractivity contribution in [1.29, 1.82) is 0 Å². The van der Waals surface area contributed by atoms with Crippen LogP contribution < -0.4 is 4.74 Å². The maximum atomic E-state index is 12.8. The molecule has 0 radical (unpaired) electrons. The third-order valence-corrected chi connectivity index (χ3v) is 6.35. The van der Waals surface area contributed by atoms with E-state index in [1.165, 1.54) is 37.8 Å². The second-order valence-corrected chi connectivity index (χ2v) is 8.62. The van der Waals surface area contributed by atoms with E-state index in [4.69, 9.17) is 4.74 Å². The fourth-order valence-electron chi connectivity index (χ4n) is 4.58. The molecule has 1 N–H and O–H groups in total. The summed E-state index contributed by atoms with van der Waals surface area (Å²) in [5, 5.41) is 7.39. The lowest BCUT2D eigenvalue weighted by molar-refractivity contribution is -0.137. The summed E-state index contributed by atoms with van der Waals surface area (Å²) >= 11 is 0. The Balaban J connectivity index is 1.25. The van der Waals surface area contributed by atoms with Crippen molar-refractivity contribution < 1.29 is 22.7 Å². The zero-order chi connectivity index (χ0) is 21.8. The van der Waals surface area contributed by atoms with Gasteiger partial charge in [0, 0.05) is 37.5 Å². The summed E-state index contributed by atoms with van der Waals surface area (Å²) in [7, 11) is 0. The summed E-state index contributed by atoms with van der Waals surface area (Å²) < 4.78 is 43.9. The molecule has 2 aromatic rings. The van der Waals surface area contributed by atoms with Gasteiger partial charge >= 0.3 is 6.18 Å². The number of nitrogens with zero attached hydrogens (tertiary/aromatic N) is 2. The number of aromatic nitrogens is 2. The molecule has 5 nitrogen and oxygen atoms in total. The highest BCUT2D eigenvalue weighted by atomic mass is 19.4. The summed E-state index contributed by atoms with van der Waals surface area (Å²) in [6, 6.07) is 6.87. The predicted molar refractivity (Wildman–Crippen MR) is 110 cm³/mol. The minimum Gasteiger partial charge on any atom is -0.493 e. The number of carbonyl (C=O) groups is 1. The molecule has 4 rings (SSSR count). The number of benzene rings is 1. The first-order valence-corrected chi connectivity index (χ1v) is 11.0. The van der Waals surface area contributed by atoms with Gasteiger partial charge in [-0.15, -0.1) is 0 Å². The maximum Gasteiger partial charge on any atom is 0.416 e. The molecule has 2 heterocycles. The SMILES string of the molecule is O=C(CC1CCCC1)N1CCC(c2cc(CCOc3cccc(C(F)(F)F)c3)[nH]n2)C1. The third-order valence-electron chi connectivity index (χ3n) is 6.35. The number of hydrogen-bond donors (Lipinski definition) is 1. The Morgan fingerprint density at radius 2 is 2.00 bits per heavy atom. The van der Waals surface area contributed by atoms with Crippen LogP contribution in [0.3, 0.4) is 0 Å². The maximum absolute atomic E-state index is 12.8. The predicted octanol–water partition coefficient (Wildman–Crippen LogP) is 4.95. The molecule has 31 heavy (non-hydrogen) atoms. The Bertz CT molecular complexity index is 890. The van der Waals surface area contributed by atoms with Gasteiger partial charge in [0.15, 0.2) is 0 Å². The van der Waals surface area contributed by atoms with Gasteiger partial charge in [-0.1, -0.05) is 18.9 Å². The number of likely N-dealkylation sites (tertiary alicyclic amines) is 1. The van der Waals surface area contributed by atoms with Gasteiger partial charge in [0.1, 0.15) is 5.75 Å². The fourth-order valence-corrected chi connectivity index (χ4v) is 4.58. The Morgan fingerprint density at radius 3 is 2.77 bits per heavy atom. The number of ether oxygens (including phenoxy) is 1. The molecule has 1 saturated carbocycles. The van der Waals surface area contributed by atoms with E-state index in [0.29, 0.717) is 25.3 Å². The highest BCUT2D eigenvalue weighted by molar-refractivity contribution is 5.76. The van der Waals surface area contributed by atoms with Crippen molar-refractivity contribution >= 4 is 5.91 Å². The Kier molecular flexibility index (Phi) is 6.53. The molecule has 1 unspecified atom stereocenters. The van der Waals surface area contributed by atoms with E-state index in [9.17, 15) is 18.0 Å². The van der Waals surface area contributed by atoms with Crippen LogP contribution in [0.25, 0.3) is 0 Å². The molecule has 1 aliphatic carbocycles. The van der Waals surface area contributed by atoms with Crippen LogP contribution in [0.1, 0.15) is 61.4 Å². The number of amides is 1. The lowest BCUT2D eigenvalue weighted by atomic mass is 10.0. The van der Waals surface area contributed by atoms with Gasteiger partial charge in [0.05, 0.1) is 17.9 Å². The molecule has 168 valence electrons. The van der Waals surface area contributed by atoms with Crippen LogP contribution in [0.5, 0.6) is 5.75 Å². The van der Waals surface area contributed by atoms with Crippen LogP contribution in [0.15, 0.2) is 30.3 Å². The molecule has 2 aliphatic rings. The monoisotopic (exact) mass is 435 g/mol. The standard InChI is InChI=1S/C23H28F3N3O2/c24-23(25,26)18-6-3-7-20(13-18)31-11-9-19-14-21(28-27-19)17-8-10-29(15-17)22(30)12-16-4-1-2-5-16/h3,6-7,13-14,16-17H,1-2,4-5,8-12,15H2,(H,27,28). The second-order valence-electron chi connectivity index (χ2n) is 8.62. The number of aromatic amines is 1. The third kappa shape index (κ3) is 5.60. The van der Waals surface area contributed by atoms with Gasteiger partial charge in [0.2, 0.25) is 5.91 Å². The number of hydrogen-bond acceptors (Lipinski definition) is 3. The van der Waals surface area contributed by atoms with E-state index in [0.717, 1.165) is 36.5 Å². The lowest BCUT2D eigenvalue weighted by Crippen LogP contribution is -2.29. The van der Waals surface area contributed by atoms with Gasteiger partial charge in [0.25, 0.3) is 0 Å². The van der Waals surface area contributed by atoms with E-state index in [2.05, 4.69) is 10.2 Å². The first kappa shape index (κ1) is 21.7. The van der Waals surface area contributed by atoms with Crippen molar-refractivity contribution in [2.45, 2.75) is 57.0 Å². The smallest absolute Gasteiger partial charge is 0.416 e. The van der Waals surface area contributed by atoms with Gasteiger partial charge in [-0.3, -0.25) is 9.89 Å². The molecule has 1 saturated heterocycles. The van der Waals surface area contributed by atoms with Crippen molar-refractivity contribution in [2.24, 2.45) is 5.92 Å². The molecule has 1 amide bonds. The second kappa shape index (κ2) is 9.32. The molecule has 1 aliphatic heterocycles. The van der Waals surface area contributed by atoms with Crippen molar-refractivity contribution in [2.75, 3.05) is 19.7 Å². The highest BCUT2D eigenvalue weighted by Gasteiger charge is 2.31. The largest absolute Gasteiger partial charge is 0.493 e.